The van der Waals surface area contributed by atoms with E-state index in [2.05, 4.69) is 17.3 Å². The molecule has 0 aromatic heterocycles. The molecule has 2 fully saturated rings. The van der Waals surface area contributed by atoms with E-state index in [1.807, 2.05) is 41.3 Å². The summed E-state index contributed by atoms with van der Waals surface area (Å²) in [6.45, 7) is 4.31. The Hall–Kier alpha value is -2.18. The number of benzene rings is 1. The minimum Gasteiger partial charge on any atom is -0.374 e. The molecule has 0 saturated carbocycles. The Morgan fingerprint density at radius 2 is 1.93 bits per heavy atom. The van der Waals surface area contributed by atoms with Crippen molar-refractivity contribution < 1.29 is 14.3 Å². The largest absolute Gasteiger partial charge is 0.374 e. The van der Waals surface area contributed by atoms with Gasteiger partial charge in [0.2, 0.25) is 11.8 Å². The van der Waals surface area contributed by atoms with Gasteiger partial charge in [0.25, 0.3) is 0 Å². The molecule has 1 aromatic rings. The minimum atomic E-state index is -0.0199. The normalized spacial score (nSPS) is 22.1. The summed E-state index contributed by atoms with van der Waals surface area (Å²) < 4.78 is 5.68. The molecule has 2 saturated heterocycles. The number of hydrogen-bond acceptors (Lipinski definition) is 4. The van der Waals surface area contributed by atoms with Crippen molar-refractivity contribution in [3.8, 4) is 0 Å². The van der Waals surface area contributed by atoms with Gasteiger partial charge in [-0.3, -0.25) is 9.59 Å². The molecule has 1 aromatic carbocycles. The SMILES string of the molecule is CN1CCO[C@H](CNC(=O)C2CCN(C(=O)/C=C\c3ccccc3)CC2)C1. The Morgan fingerprint density at radius 1 is 1.19 bits per heavy atom. The molecule has 0 radical (unpaired) electrons. The highest BCUT2D eigenvalue weighted by Gasteiger charge is 2.27. The predicted molar refractivity (Wildman–Crippen MR) is 105 cm³/mol. The molecule has 2 aliphatic heterocycles. The number of piperidine rings is 1. The molecule has 1 N–H and O–H groups in total. The van der Waals surface area contributed by atoms with E-state index in [-0.39, 0.29) is 23.8 Å². The lowest BCUT2D eigenvalue weighted by Gasteiger charge is -2.32. The first-order chi connectivity index (χ1) is 13.1. The van der Waals surface area contributed by atoms with Crippen LogP contribution in [-0.2, 0) is 14.3 Å². The van der Waals surface area contributed by atoms with Gasteiger partial charge in [-0.05, 0) is 31.5 Å². The van der Waals surface area contributed by atoms with Crippen molar-refractivity contribution in [1.82, 2.24) is 15.1 Å². The molecule has 6 nitrogen and oxygen atoms in total. The molecule has 27 heavy (non-hydrogen) atoms. The lowest BCUT2D eigenvalue weighted by molar-refractivity contribution is -0.132. The summed E-state index contributed by atoms with van der Waals surface area (Å²) in [4.78, 5) is 28.8. The van der Waals surface area contributed by atoms with E-state index in [0.29, 0.717) is 39.1 Å². The van der Waals surface area contributed by atoms with Crippen LogP contribution in [0, 0.1) is 5.92 Å². The van der Waals surface area contributed by atoms with E-state index in [4.69, 9.17) is 4.74 Å². The average Bonchev–Trinajstić information content (AvgIpc) is 2.71. The van der Waals surface area contributed by atoms with E-state index < -0.39 is 0 Å². The van der Waals surface area contributed by atoms with Crippen molar-refractivity contribution in [2.75, 3.05) is 46.4 Å². The molecule has 0 unspecified atom stereocenters. The third-order valence-corrected chi connectivity index (χ3v) is 5.24. The van der Waals surface area contributed by atoms with Crippen LogP contribution in [0.3, 0.4) is 0 Å². The van der Waals surface area contributed by atoms with Gasteiger partial charge in [-0.25, -0.2) is 0 Å². The first-order valence-corrected chi connectivity index (χ1v) is 9.71. The lowest BCUT2D eigenvalue weighted by Crippen LogP contribution is -2.48. The number of carbonyl (C=O) groups excluding carboxylic acids is 2. The first kappa shape index (κ1) is 19.6. The maximum absolute atomic E-state index is 12.4. The summed E-state index contributed by atoms with van der Waals surface area (Å²) in [6.07, 6.45) is 4.94. The second-order valence-corrected chi connectivity index (χ2v) is 7.34. The highest BCUT2D eigenvalue weighted by molar-refractivity contribution is 5.92. The fourth-order valence-electron chi connectivity index (χ4n) is 3.55. The Labute approximate surface area is 161 Å². The Kier molecular flexibility index (Phi) is 7.01. The van der Waals surface area contributed by atoms with Crippen LogP contribution in [0.5, 0.6) is 0 Å². The molecular weight excluding hydrogens is 342 g/mol. The van der Waals surface area contributed by atoms with E-state index in [1.165, 1.54) is 0 Å². The summed E-state index contributed by atoms with van der Waals surface area (Å²) in [6, 6.07) is 9.78. The van der Waals surface area contributed by atoms with Gasteiger partial charge in [0.1, 0.15) is 0 Å². The maximum atomic E-state index is 12.4. The van der Waals surface area contributed by atoms with Gasteiger partial charge in [0, 0.05) is 44.7 Å². The van der Waals surface area contributed by atoms with Crippen LogP contribution in [0.2, 0.25) is 0 Å². The van der Waals surface area contributed by atoms with Gasteiger partial charge in [-0.1, -0.05) is 30.3 Å². The zero-order chi connectivity index (χ0) is 19.1. The summed E-state index contributed by atoms with van der Waals surface area (Å²) in [5, 5.41) is 3.03. The first-order valence-electron chi connectivity index (χ1n) is 9.71. The average molecular weight is 371 g/mol. The fourth-order valence-corrected chi connectivity index (χ4v) is 3.55. The molecule has 0 spiro atoms. The number of morpholine rings is 1. The summed E-state index contributed by atoms with van der Waals surface area (Å²) in [7, 11) is 2.07. The molecule has 0 aliphatic carbocycles. The van der Waals surface area contributed by atoms with Crippen molar-refractivity contribution in [2.45, 2.75) is 18.9 Å². The highest BCUT2D eigenvalue weighted by Crippen LogP contribution is 2.18. The number of nitrogens with zero attached hydrogens (tertiary/aromatic N) is 2. The summed E-state index contributed by atoms with van der Waals surface area (Å²) in [5.74, 6) is 0.0728. The highest BCUT2D eigenvalue weighted by atomic mass is 16.5. The summed E-state index contributed by atoms with van der Waals surface area (Å²) in [5.41, 5.74) is 1.01. The Balaban J connectivity index is 1.39. The number of rotatable bonds is 5. The van der Waals surface area contributed by atoms with Gasteiger partial charge in [-0.2, -0.15) is 0 Å². The standard InChI is InChI=1S/C21H29N3O3/c1-23-13-14-27-19(16-23)15-22-21(26)18-9-11-24(12-10-18)20(25)8-7-17-5-3-2-4-6-17/h2-8,18-19H,9-16H2,1H3,(H,22,26)/b8-7-/t19-/m1/s1. The molecule has 1 atom stereocenters. The van der Waals surface area contributed by atoms with E-state index in [0.717, 1.165) is 18.7 Å². The van der Waals surface area contributed by atoms with Crippen LogP contribution in [-0.4, -0.2) is 74.1 Å². The number of ether oxygens (including phenoxy) is 1. The second kappa shape index (κ2) is 9.67. The zero-order valence-corrected chi connectivity index (χ0v) is 16.0. The van der Waals surface area contributed by atoms with Gasteiger partial charge in [-0.15, -0.1) is 0 Å². The van der Waals surface area contributed by atoms with E-state index in [1.54, 1.807) is 6.08 Å². The van der Waals surface area contributed by atoms with Gasteiger partial charge in [0.15, 0.2) is 0 Å². The summed E-state index contributed by atoms with van der Waals surface area (Å²) >= 11 is 0. The molecule has 2 heterocycles. The van der Waals surface area contributed by atoms with Crippen LogP contribution in [0.25, 0.3) is 6.08 Å². The Morgan fingerprint density at radius 3 is 2.63 bits per heavy atom. The molecule has 3 rings (SSSR count). The Bertz CT molecular complexity index is 654. The van der Waals surface area contributed by atoms with Crippen LogP contribution >= 0.6 is 0 Å². The monoisotopic (exact) mass is 371 g/mol. The predicted octanol–water partition coefficient (Wildman–Crippen LogP) is 1.39. The zero-order valence-electron chi connectivity index (χ0n) is 16.0. The van der Waals surface area contributed by atoms with Crippen molar-refractivity contribution in [2.24, 2.45) is 5.92 Å². The van der Waals surface area contributed by atoms with Crippen molar-refractivity contribution in [3.05, 3.63) is 42.0 Å². The topological polar surface area (TPSA) is 61.9 Å². The number of likely N-dealkylation sites (tertiary alicyclic amines) is 1. The van der Waals surface area contributed by atoms with E-state index >= 15 is 0 Å². The number of carbonyl (C=O) groups is 2. The molecule has 146 valence electrons. The van der Waals surface area contributed by atoms with Crippen LogP contribution in [0.15, 0.2) is 36.4 Å². The molecule has 2 aliphatic rings. The lowest BCUT2D eigenvalue weighted by atomic mass is 9.95. The van der Waals surface area contributed by atoms with Crippen LogP contribution in [0.1, 0.15) is 18.4 Å². The molecular formula is C21H29N3O3. The molecule has 2 amide bonds. The fraction of sp³-hybridized carbons (Fsp3) is 0.524. The number of likely N-dealkylation sites (N-methyl/N-ethyl adjacent to an activating group) is 1. The van der Waals surface area contributed by atoms with E-state index in [9.17, 15) is 9.59 Å². The van der Waals surface area contributed by atoms with Crippen molar-refractivity contribution in [1.29, 1.82) is 0 Å². The number of amides is 2. The maximum Gasteiger partial charge on any atom is 0.246 e. The number of nitrogens with one attached hydrogen (secondary N) is 1. The quantitative estimate of drug-likeness (QED) is 0.795. The second-order valence-electron chi connectivity index (χ2n) is 7.34. The third-order valence-electron chi connectivity index (χ3n) is 5.24. The molecule has 0 bridgehead atoms. The van der Waals surface area contributed by atoms with Gasteiger partial charge >= 0.3 is 0 Å². The van der Waals surface area contributed by atoms with Gasteiger partial charge in [0.05, 0.1) is 12.7 Å². The third kappa shape index (κ3) is 5.91. The van der Waals surface area contributed by atoms with Crippen molar-refractivity contribution >= 4 is 17.9 Å². The minimum absolute atomic E-state index is 0.0105. The molecule has 6 heteroatoms. The smallest absolute Gasteiger partial charge is 0.246 e. The van der Waals surface area contributed by atoms with Gasteiger partial charge < -0.3 is 19.9 Å². The van der Waals surface area contributed by atoms with Crippen LogP contribution < -0.4 is 5.32 Å². The van der Waals surface area contributed by atoms with Crippen LogP contribution in [0.4, 0.5) is 0 Å². The van der Waals surface area contributed by atoms with Crippen molar-refractivity contribution in [3.63, 3.8) is 0 Å². The number of hydrogen-bond donors (Lipinski definition) is 1.